The maximum absolute atomic E-state index is 12.8. The number of ether oxygens (including phenoxy) is 2. The highest BCUT2D eigenvalue weighted by Crippen LogP contribution is 2.32. The molecule has 1 aromatic heterocycles. The van der Waals surface area contributed by atoms with Gasteiger partial charge in [-0.15, -0.1) is 0 Å². The monoisotopic (exact) mass is 368 g/mol. The van der Waals surface area contributed by atoms with Gasteiger partial charge in [-0.3, -0.25) is 9.36 Å². The summed E-state index contributed by atoms with van der Waals surface area (Å²) in [7, 11) is 3.22. The van der Waals surface area contributed by atoms with Crippen molar-refractivity contribution in [1.29, 1.82) is 0 Å². The van der Waals surface area contributed by atoms with E-state index in [0.717, 1.165) is 17.6 Å². The first kappa shape index (κ1) is 16.7. The largest absolute Gasteiger partial charge is 0.493 e. The number of benzene rings is 2. The number of nitrogens with zero attached hydrogens (tertiary/aromatic N) is 2. The molecule has 0 amide bonds. The molecule has 0 N–H and O–H groups in total. The number of methoxy groups -OCH3 is 2. The van der Waals surface area contributed by atoms with Gasteiger partial charge in [0.05, 0.1) is 25.1 Å². The van der Waals surface area contributed by atoms with Crippen molar-refractivity contribution in [3.8, 4) is 11.5 Å². The van der Waals surface area contributed by atoms with Crippen LogP contribution in [0.5, 0.6) is 11.5 Å². The first-order valence-corrected chi connectivity index (χ1v) is 8.61. The van der Waals surface area contributed by atoms with Crippen molar-refractivity contribution < 1.29 is 9.47 Å². The lowest BCUT2D eigenvalue weighted by Gasteiger charge is -2.08. The van der Waals surface area contributed by atoms with Gasteiger partial charge in [0, 0.05) is 11.6 Å². The van der Waals surface area contributed by atoms with Gasteiger partial charge >= 0.3 is 0 Å². The second kappa shape index (κ2) is 6.50. The summed E-state index contributed by atoms with van der Waals surface area (Å²) in [4.78, 5) is 17.4. The third-order valence-corrected chi connectivity index (χ3v) is 4.79. The molecule has 0 saturated carbocycles. The summed E-state index contributed by atoms with van der Waals surface area (Å²) >= 11 is 6.02. The summed E-state index contributed by atoms with van der Waals surface area (Å²) in [5, 5.41) is 1.09. The van der Waals surface area contributed by atoms with Gasteiger partial charge in [0.25, 0.3) is 5.56 Å². The van der Waals surface area contributed by atoms with E-state index in [4.69, 9.17) is 26.1 Å². The van der Waals surface area contributed by atoms with Crippen LogP contribution in [0.25, 0.3) is 22.6 Å². The number of hydrogen-bond donors (Lipinski definition) is 0. The van der Waals surface area contributed by atoms with Crippen molar-refractivity contribution >= 4 is 34.2 Å². The Morgan fingerprint density at radius 1 is 1.12 bits per heavy atom. The van der Waals surface area contributed by atoms with Crippen LogP contribution in [-0.2, 0) is 6.54 Å². The first-order valence-electron chi connectivity index (χ1n) is 8.24. The van der Waals surface area contributed by atoms with Crippen molar-refractivity contribution in [2.75, 3.05) is 14.2 Å². The molecule has 0 aliphatic carbocycles. The minimum atomic E-state index is -0.0526. The van der Waals surface area contributed by atoms with E-state index in [2.05, 4.69) is 0 Å². The Morgan fingerprint density at radius 3 is 2.69 bits per heavy atom. The van der Waals surface area contributed by atoms with Gasteiger partial charge in [-0.2, -0.15) is 0 Å². The number of fused-ring (bicyclic) bond motifs is 2. The van der Waals surface area contributed by atoms with Crippen molar-refractivity contribution in [2.24, 2.45) is 0 Å². The van der Waals surface area contributed by atoms with Crippen LogP contribution in [0.4, 0.5) is 0 Å². The summed E-state index contributed by atoms with van der Waals surface area (Å²) in [5.74, 6) is 2.05. The number of aromatic nitrogens is 2. The van der Waals surface area contributed by atoms with E-state index in [0.29, 0.717) is 39.8 Å². The lowest BCUT2D eigenvalue weighted by Crippen LogP contribution is -2.20. The molecule has 0 saturated heterocycles. The van der Waals surface area contributed by atoms with Gasteiger partial charge in [0.15, 0.2) is 11.5 Å². The van der Waals surface area contributed by atoms with Crippen molar-refractivity contribution in [3.05, 3.63) is 63.2 Å². The lowest BCUT2D eigenvalue weighted by atomic mass is 10.1. The zero-order valence-electron chi connectivity index (χ0n) is 14.5. The Balaban J connectivity index is 1.83. The molecule has 0 bridgehead atoms. The van der Waals surface area contributed by atoms with Crippen LogP contribution in [-0.4, -0.2) is 23.8 Å². The molecule has 4 rings (SSSR count). The fraction of sp³-hybridized carbons (Fsp3) is 0.200. The van der Waals surface area contributed by atoms with Crippen LogP contribution in [0.3, 0.4) is 0 Å². The maximum atomic E-state index is 12.8. The number of hydrogen-bond acceptors (Lipinski definition) is 4. The van der Waals surface area contributed by atoms with Gasteiger partial charge in [-0.1, -0.05) is 17.7 Å². The topological polar surface area (TPSA) is 53.4 Å². The molecular weight excluding hydrogens is 352 g/mol. The molecule has 2 aromatic carbocycles. The Bertz CT molecular complexity index is 1100. The smallest absolute Gasteiger partial charge is 0.261 e. The zero-order valence-corrected chi connectivity index (χ0v) is 15.2. The molecule has 132 valence electrons. The molecule has 0 fully saturated rings. The van der Waals surface area contributed by atoms with Crippen molar-refractivity contribution in [1.82, 2.24) is 9.55 Å². The van der Waals surface area contributed by atoms with Gasteiger partial charge in [-0.25, -0.2) is 4.98 Å². The van der Waals surface area contributed by atoms with Crippen molar-refractivity contribution in [3.63, 3.8) is 0 Å². The molecule has 2 heterocycles. The molecule has 0 spiro atoms. The highest BCUT2D eigenvalue weighted by Gasteiger charge is 2.21. The predicted molar refractivity (Wildman–Crippen MR) is 103 cm³/mol. The van der Waals surface area contributed by atoms with Gasteiger partial charge in [0.1, 0.15) is 5.82 Å². The van der Waals surface area contributed by atoms with Crippen LogP contribution in [0.2, 0.25) is 5.02 Å². The molecule has 0 unspecified atom stereocenters. The van der Waals surface area contributed by atoms with Crippen molar-refractivity contribution in [2.45, 2.75) is 13.0 Å². The average molecular weight is 369 g/mol. The summed E-state index contributed by atoms with van der Waals surface area (Å²) in [6.45, 7) is 0.614. The highest BCUT2D eigenvalue weighted by molar-refractivity contribution is 6.31. The number of halogens is 1. The summed E-state index contributed by atoms with van der Waals surface area (Å²) in [5.41, 5.74) is 2.59. The number of rotatable bonds is 3. The van der Waals surface area contributed by atoms with Gasteiger partial charge < -0.3 is 9.47 Å². The maximum Gasteiger partial charge on any atom is 0.261 e. The molecule has 0 radical (unpaired) electrons. The molecule has 5 nitrogen and oxygen atoms in total. The summed E-state index contributed by atoms with van der Waals surface area (Å²) in [6, 6.07) is 10.9. The second-order valence-corrected chi connectivity index (χ2v) is 6.52. The lowest BCUT2D eigenvalue weighted by molar-refractivity contribution is 0.355. The third-order valence-electron chi connectivity index (χ3n) is 4.56. The number of allylic oxidation sites excluding steroid dienone is 1. The molecule has 6 heteroatoms. The normalized spacial score (nSPS) is 14.7. The van der Waals surface area contributed by atoms with Crippen LogP contribution in [0.15, 0.2) is 41.2 Å². The molecule has 1 aliphatic rings. The molecule has 1 aliphatic heterocycles. The van der Waals surface area contributed by atoms with Crippen LogP contribution < -0.4 is 15.0 Å². The Kier molecular flexibility index (Phi) is 4.17. The summed E-state index contributed by atoms with van der Waals surface area (Å²) < 4.78 is 12.4. The predicted octanol–water partition coefficient (Wildman–Crippen LogP) is 4.01. The van der Waals surface area contributed by atoms with Crippen LogP contribution in [0.1, 0.15) is 17.8 Å². The van der Waals surface area contributed by atoms with E-state index in [1.807, 2.05) is 24.3 Å². The Morgan fingerprint density at radius 2 is 1.92 bits per heavy atom. The highest BCUT2D eigenvalue weighted by atomic mass is 35.5. The second-order valence-electron chi connectivity index (χ2n) is 6.09. The van der Waals surface area contributed by atoms with E-state index in [-0.39, 0.29) is 5.56 Å². The third kappa shape index (κ3) is 2.74. The van der Waals surface area contributed by atoms with Crippen LogP contribution in [0, 0.1) is 0 Å². The van der Waals surface area contributed by atoms with E-state index in [1.165, 1.54) is 0 Å². The SMILES string of the molecule is COc1ccc(C=C2CCn3c2nc2ccc(Cl)cc2c3=O)cc1OC. The molecule has 26 heavy (non-hydrogen) atoms. The van der Waals surface area contributed by atoms with E-state index in [9.17, 15) is 4.79 Å². The summed E-state index contributed by atoms with van der Waals surface area (Å²) in [6.07, 6.45) is 2.79. The van der Waals surface area contributed by atoms with E-state index in [1.54, 1.807) is 37.0 Å². The molecule has 3 aromatic rings. The molecule has 0 atom stereocenters. The van der Waals surface area contributed by atoms with Gasteiger partial charge in [0.2, 0.25) is 0 Å². The standard InChI is InChI=1S/C20H17ClN2O3/c1-25-17-6-3-12(10-18(17)26-2)9-13-7-8-23-19(13)22-16-5-4-14(21)11-15(16)20(23)24/h3-6,9-11H,7-8H2,1-2H3. The first-order chi connectivity index (χ1) is 12.6. The fourth-order valence-corrected chi connectivity index (χ4v) is 3.44. The minimum absolute atomic E-state index is 0.0526. The fourth-order valence-electron chi connectivity index (χ4n) is 3.27. The Labute approximate surface area is 155 Å². The quantitative estimate of drug-likeness (QED) is 0.701. The van der Waals surface area contributed by atoms with E-state index < -0.39 is 0 Å². The average Bonchev–Trinajstić information content (AvgIpc) is 3.05. The zero-order chi connectivity index (χ0) is 18.3. The van der Waals surface area contributed by atoms with E-state index >= 15 is 0 Å². The minimum Gasteiger partial charge on any atom is -0.493 e. The Hall–Kier alpha value is -2.79. The van der Waals surface area contributed by atoms with Gasteiger partial charge in [-0.05, 0) is 54.0 Å². The van der Waals surface area contributed by atoms with Crippen LogP contribution >= 0.6 is 11.6 Å². The molecular formula is C20H17ClN2O3.